The predicted octanol–water partition coefficient (Wildman–Crippen LogP) is 4.32. The molecule has 2 aromatic rings. The molecule has 132 valence electrons. The maximum atomic E-state index is 12.4. The van der Waals surface area contributed by atoms with Gasteiger partial charge in [-0.1, -0.05) is 23.7 Å². The number of hydrogen-bond donors (Lipinski definition) is 2. The smallest absolute Gasteiger partial charge is 0.315 e. The molecular formula is C16H18ClF3N2OS. The zero-order valence-corrected chi connectivity index (χ0v) is 14.8. The minimum absolute atomic E-state index is 0.0281. The van der Waals surface area contributed by atoms with Gasteiger partial charge in [-0.15, -0.1) is 12.6 Å². The molecule has 24 heavy (non-hydrogen) atoms. The number of halogens is 4. The van der Waals surface area contributed by atoms with Crippen LogP contribution in [0.25, 0.3) is 0 Å². The van der Waals surface area contributed by atoms with Crippen molar-refractivity contribution in [1.29, 1.82) is 0 Å². The van der Waals surface area contributed by atoms with Crippen LogP contribution in [-0.4, -0.2) is 17.8 Å². The molecule has 0 radical (unpaired) electrons. The van der Waals surface area contributed by atoms with Crippen molar-refractivity contribution in [1.82, 2.24) is 9.88 Å². The lowest BCUT2D eigenvalue weighted by Gasteiger charge is -2.19. The largest absolute Gasteiger partial charge is 0.407 e. The third kappa shape index (κ3) is 6.22. The van der Waals surface area contributed by atoms with Crippen LogP contribution >= 0.6 is 24.2 Å². The van der Waals surface area contributed by atoms with Crippen LogP contribution in [0.5, 0.6) is 0 Å². The summed E-state index contributed by atoms with van der Waals surface area (Å²) in [5.74, 6) is 0. The molecule has 2 rings (SSSR count). The highest BCUT2D eigenvalue weighted by molar-refractivity contribution is 7.80. The lowest BCUT2D eigenvalue weighted by Crippen LogP contribution is -2.31. The van der Waals surface area contributed by atoms with Gasteiger partial charge in [-0.05, 0) is 37.7 Å². The molecule has 0 aliphatic heterocycles. The highest BCUT2D eigenvalue weighted by Gasteiger charge is 2.39. The number of hydrogen-bond acceptors (Lipinski definition) is 3. The van der Waals surface area contributed by atoms with Crippen LogP contribution in [0, 0.1) is 0 Å². The lowest BCUT2D eigenvalue weighted by atomic mass is 10.1. The minimum Gasteiger partial charge on any atom is -0.315 e. The Kier molecular flexibility index (Phi) is 7.86. The van der Waals surface area contributed by atoms with Crippen molar-refractivity contribution in [3.63, 3.8) is 0 Å². The van der Waals surface area contributed by atoms with E-state index in [1.54, 1.807) is 16.8 Å². The van der Waals surface area contributed by atoms with E-state index in [1.165, 1.54) is 37.4 Å². The van der Waals surface area contributed by atoms with Gasteiger partial charge in [0.05, 0.1) is 0 Å². The van der Waals surface area contributed by atoms with E-state index in [2.05, 4.69) is 17.9 Å². The molecule has 0 aliphatic carbocycles. The highest BCUT2D eigenvalue weighted by atomic mass is 35.5. The Morgan fingerprint density at radius 2 is 1.79 bits per heavy atom. The fourth-order valence-electron chi connectivity index (χ4n) is 1.94. The van der Waals surface area contributed by atoms with E-state index in [4.69, 9.17) is 11.6 Å². The Labute approximate surface area is 148 Å². The van der Waals surface area contributed by atoms with Gasteiger partial charge in [0, 0.05) is 28.7 Å². The molecule has 0 amide bonds. The number of alkyl halides is 3. The Hall–Kier alpha value is -1.44. The molecule has 1 aromatic heterocycles. The number of nitrogens with one attached hydrogen (secondary N) is 1. The molecule has 0 spiro atoms. The van der Waals surface area contributed by atoms with E-state index in [0.29, 0.717) is 11.6 Å². The minimum atomic E-state index is -4.29. The number of benzene rings is 1. The average Bonchev–Trinajstić information content (AvgIpc) is 2.51. The van der Waals surface area contributed by atoms with Crippen molar-refractivity contribution >= 4 is 24.2 Å². The van der Waals surface area contributed by atoms with Gasteiger partial charge in [0.15, 0.2) is 0 Å². The van der Waals surface area contributed by atoms with Crippen molar-refractivity contribution in [3.8, 4) is 0 Å². The van der Waals surface area contributed by atoms with Crippen molar-refractivity contribution in [2.45, 2.75) is 30.6 Å². The molecule has 0 bridgehead atoms. The Bertz CT molecular complexity index is 702. The van der Waals surface area contributed by atoms with Gasteiger partial charge in [-0.25, -0.2) is 0 Å². The van der Waals surface area contributed by atoms with Gasteiger partial charge in [0.2, 0.25) is 0 Å². The lowest BCUT2D eigenvalue weighted by molar-refractivity contribution is -0.156. The van der Waals surface area contributed by atoms with Gasteiger partial charge < -0.3 is 9.88 Å². The van der Waals surface area contributed by atoms with Crippen LogP contribution in [0.4, 0.5) is 13.2 Å². The van der Waals surface area contributed by atoms with Crippen LogP contribution in [-0.2, 0) is 6.54 Å². The molecule has 3 nitrogen and oxygen atoms in total. The maximum Gasteiger partial charge on any atom is 0.407 e. The molecule has 1 N–H and O–H groups in total. The summed E-state index contributed by atoms with van der Waals surface area (Å²) in [5, 5.41) is 2.63. The van der Waals surface area contributed by atoms with Crippen molar-refractivity contribution in [2.24, 2.45) is 0 Å². The molecule has 0 saturated carbocycles. The summed E-state index contributed by atoms with van der Waals surface area (Å²) in [5.41, 5.74) is 0.185. The van der Waals surface area contributed by atoms with Crippen LogP contribution in [0.1, 0.15) is 18.5 Å². The standard InChI is InChI=1S/C9H9ClF3N.C7H9NOS/c1-14-8(9(11,12)13)6-2-4-7(10)5-3-6;1-2-8-5-6(10)3-4-7(8)9/h2-5,8,14H,1H3;3-5,10H,2H2,1H3/t8-;/m1./s1. The zero-order chi connectivity index (χ0) is 18.3. The highest BCUT2D eigenvalue weighted by Crippen LogP contribution is 2.32. The summed E-state index contributed by atoms with van der Waals surface area (Å²) in [6.07, 6.45) is -2.56. The molecule has 1 heterocycles. The van der Waals surface area contributed by atoms with Gasteiger partial charge in [-0.3, -0.25) is 4.79 Å². The van der Waals surface area contributed by atoms with E-state index in [9.17, 15) is 18.0 Å². The number of aromatic nitrogens is 1. The van der Waals surface area contributed by atoms with Crippen LogP contribution in [0.15, 0.2) is 52.3 Å². The fourth-order valence-corrected chi connectivity index (χ4v) is 2.28. The normalized spacial score (nSPS) is 12.3. The number of thiol groups is 1. The number of nitrogens with zero attached hydrogens (tertiary/aromatic N) is 1. The van der Waals surface area contributed by atoms with Gasteiger partial charge >= 0.3 is 6.18 Å². The molecule has 0 unspecified atom stereocenters. The quantitative estimate of drug-likeness (QED) is 0.780. The Morgan fingerprint density at radius 1 is 1.21 bits per heavy atom. The van der Waals surface area contributed by atoms with Crippen LogP contribution < -0.4 is 10.9 Å². The molecule has 1 atom stereocenters. The van der Waals surface area contributed by atoms with Gasteiger partial charge in [-0.2, -0.15) is 13.2 Å². The van der Waals surface area contributed by atoms with E-state index in [-0.39, 0.29) is 11.1 Å². The predicted molar refractivity (Wildman–Crippen MR) is 92.9 cm³/mol. The summed E-state index contributed by atoms with van der Waals surface area (Å²) in [6.45, 7) is 2.63. The third-order valence-electron chi connectivity index (χ3n) is 3.13. The van der Waals surface area contributed by atoms with E-state index in [0.717, 1.165) is 4.90 Å². The summed E-state index contributed by atoms with van der Waals surface area (Å²) in [7, 11) is 1.27. The van der Waals surface area contributed by atoms with Crippen molar-refractivity contribution in [2.75, 3.05) is 7.05 Å². The first-order valence-corrected chi connectivity index (χ1v) is 7.90. The number of rotatable bonds is 3. The molecule has 8 heteroatoms. The monoisotopic (exact) mass is 378 g/mol. The van der Waals surface area contributed by atoms with Crippen molar-refractivity contribution in [3.05, 3.63) is 63.5 Å². The van der Waals surface area contributed by atoms with Gasteiger partial charge in [0.25, 0.3) is 5.56 Å². The summed E-state index contributed by atoms with van der Waals surface area (Å²) >= 11 is 9.67. The topological polar surface area (TPSA) is 34.0 Å². The van der Waals surface area contributed by atoms with Crippen LogP contribution in [0.3, 0.4) is 0 Å². The zero-order valence-electron chi connectivity index (χ0n) is 13.1. The van der Waals surface area contributed by atoms with E-state index in [1.807, 2.05) is 6.92 Å². The Balaban J connectivity index is 0.000000254. The second-order valence-electron chi connectivity index (χ2n) is 4.83. The summed E-state index contributed by atoms with van der Waals surface area (Å²) < 4.78 is 38.8. The first-order chi connectivity index (χ1) is 11.2. The average molecular weight is 379 g/mol. The second kappa shape index (κ2) is 9.15. The second-order valence-corrected chi connectivity index (χ2v) is 5.78. The summed E-state index contributed by atoms with van der Waals surface area (Å²) in [4.78, 5) is 11.8. The van der Waals surface area contributed by atoms with E-state index < -0.39 is 12.2 Å². The number of pyridine rings is 1. The molecule has 1 aromatic carbocycles. The van der Waals surface area contributed by atoms with Crippen molar-refractivity contribution < 1.29 is 13.2 Å². The maximum absolute atomic E-state index is 12.4. The Morgan fingerprint density at radius 3 is 2.21 bits per heavy atom. The SMILES string of the molecule is CCn1cc(S)ccc1=O.CN[C@H](c1ccc(Cl)cc1)C(F)(F)F. The first-order valence-electron chi connectivity index (χ1n) is 7.08. The first kappa shape index (κ1) is 20.6. The number of aryl methyl sites for hydroxylation is 1. The van der Waals surface area contributed by atoms with Gasteiger partial charge in [0.1, 0.15) is 6.04 Å². The summed E-state index contributed by atoms with van der Waals surface area (Å²) in [6, 6.07) is 7.16. The molecule has 0 fully saturated rings. The third-order valence-corrected chi connectivity index (χ3v) is 3.64. The molecular weight excluding hydrogens is 361 g/mol. The van der Waals surface area contributed by atoms with Crippen LogP contribution in [0.2, 0.25) is 5.02 Å². The fraction of sp³-hybridized carbons (Fsp3) is 0.312. The molecule has 0 aliphatic rings. The molecule has 0 saturated heterocycles. The van der Waals surface area contributed by atoms with E-state index >= 15 is 0 Å².